The zero-order chi connectivity index (χ0) is 19.1. The van der Waals surface area contributed by atoms with E-state index in [1.165, 1.54) is 12.8 Å². The predicted octanol–water partition coefficient (Wildman–Crippen LogP) is 0.529. The summed E-state index contributed by atoms with van der Waals surface area (Å²) in [6.07, 6.45) is 6.35. The normalized spacial score (nSPS) is 19.1. The van der Waals surface area contributed by atoms with Crippen LogP contribution in [0.25, 0.3) is 0 Å². The SMILES string of the molecule is CN=C(NCc1ncnn1C)N1CCN(CC(=O)N2CCCCCC2)CC1.I. The van der Waals surface area contributed by atoms with E-state index in [0.29, 0.717) is 13.1 Å². The summed E-state index contributed by atoms with van der Waals surface area (Å²) in [5.74, 6) is 2.03. The summed E-state index contributed by atoms with van der Waals surface area (Å²) in [6, 6.07) is 0. The van der Waals surface area contributed by atoms with E-state index >= 15 is 0 Å². The quantitative estimate of drug-likeness (QED) is 0.366. The fraction of sp³-hybridized carbons (Fsp3) is 0.778. The Hall–Kier alpha value is -1.43. The van der Waals surface area contributed by atoms with Gasteiger partial charge in [-0.1, -0.05) is 12.8 Å². The van der Waals surface area contributed by atoms with Crippen molar-refractivity contribution < 1.29 is 4.79 Å². The molecule has 1 amide bonds. The minimum absolute atomic E-state index is 0. The van der Waals surface area contributed by atoms with Crippen molar-refractivity contribution in [3.05, 3.63) is 12.2 Å². The third-order valence-electron chi connectivity index (χ3n) is 5.41. The van der Waals surface area contributed by atoms with Gasteiger partial charge in [-0.25, -0.2) is 4.98 Å². The summed E-state index contributed by atoms with van der Waals surface area (Å²) in [5, 5.41) is 7.44. The Labute approximate surface area is 184 Å². The number of halogens is 1. The number of guanidine groups is 1. The van der Waals surface area contributed by atoms with Gasteiger partial charge in [0.1, 0.15) is 12.2 Å². The van der Waals surface area contributed by atoms with Crippen molar-refractivity contribution >= 4 is 35.8 Å². The van der Waals surface area contributed by atoms with Crippen LogP contribution in [0.5, 0.6) is 0 Å². The molecule has 0 spiro atoms. The van der Waals surface area contributed by atoms with Gasteiger partial charge in [-0.15, -0.1) is 24.0 Å². The molecule has 1 N–H and O–H groups in total. The van der Waals surface area contributed by atoms with Gasteiger partial charge in [-0.2, -0.15) is 5.10 Å². The van der Waals surface area contributed by atoms with Crippen molar-refractivity contribution in [3.63, 3.8) is 0 Å². The third-order valence-corrected chi connectivity index (χ3v) is 5.41. The number of carbonyl (C=O) groups excluding carboxylic acids is 1. The molecule has 2 fully saturated rings. The molecule has 0 saturated carbocycles. The van der Waals surface area contributed by atoms with E-state index < -0.39 is 0 Å². The molecule has 2 aliphatic rings. The molecule has 0 unspecified atom stereocenters. The van der Waals surface area contributed by atoms with Crippen LogP contribution in [-0.2, 0) is 18.4 Å². The van der Waals surface area contributed by atoms with Gasteiger partial charge in [-0.05, 0) is 12.8 Å². The maximum absolute atomic E-state index is 12.6. The topological polar surface area (TPSA) is 81.9 Å². The van der Waals surface area contributed by atoms with Crippen molar-refractivity contribution in [2.45, 2.75) is 32.2 Å². The zero-order valence-electron chi connectivity index (χ0n) is 17.0. The number of hydrogen-bond acceptors (Lipinski definition) is 5. The lowest BCUT2D eigenvalue weighted by molar-refractivity contribution is -0.132. The standard InChI is InChI=1S/C18H32N8O.HI/c1-19-18(20-13-16-21-15-22-23(16)2)26-11-9-24(10-12-26)14-17(27)25-7-5-3-4-6-8-25;/h15H,3-14H2,1-2H3,(H,19,20);1H. The number of aliphatic imine (C=N–C) groups is 1. The first-order valence-electron chi connectivity index (χ1n) is 9.96. The third kappa shape index (κ3) is 6.29. The second-order valence-electron chi connectivity index (χ2n) is 7.26. The largest absolute Gasteiger partial charge is 0.349 e. The molecule has 158 valence electrons. The minimum atomic E-state index is 0. The van der Waals surface area contributed by atoms with Gasteiger partial charge in [0, 0.05) is 53.4 Å². The van der Waals surface area contributed by atoms with Crippen LogP contribution >= 0.6 is 24.0 Å². The van der Waals surface area contributed by atoms with E-state index in [9.17, 15) is 4.79 Å². The Bertz CT molecular complexity index is 633. The van der Waals surface area contributed by atoms with Gasteiger partial charge in [0.2, 0.25) is 5.91 Å². The van der Waals surface area contributed by atoms with Crippen LogP contribution in [0, 0.1) is 0 Å². The van der Waals surface area contributed by atoms with E-state index in [4.69, 9.17) is 0 Å². The maximum atomic E-state index is 12.6. The molecule has 0 bridgehead atoms. The molecule has 0 aromatic carbocycles. The predicted molar refractivity (Wildman–Crippen MR) is 120 cm³/mol. The first kappa shape index (κ1) is 22.9. The Kier molecular flexibility index (Phi) is 9.42. The number of piperazine rings is 1. The van der Waals surface area contributed by atoms with Crippen molar-refractivity contribution in [2.24, 2.45) is 12.0 Å². The molecule has 1 aromatic heterocycles. The molecule has 0 atom stereocenters. The highest BCUT2D eigenvalue weighted by Gasteiger charge is 2.23. The number of hydrogen-bond donors (Lipinski definition) is 1. The average Bonchev–Trinajstić information content (AvgIpc) is 2.92. The molecular formula is C18H33IN8O. The Morgan fingerprint density at radius 2 is 1.75 bits per heavy atom. The molecule has 9 nitrogen and oxygen atoms in total. The van der Waals surface area contributed by atoms with Gasteiger partial charge in [0.25, 0.3) is 0 Å². The highest BCUT2D eigenvalue weighted by atomic mass is 127. The lowest BCUT2D eigenvalue weighted by atomic mass is 10.2. The van der Waals surface area contributed by atoms with E-state index in [2.05, 4.69) is 35.1 Å². The lowest BCUT2D eigenvalue weighted by Gasteiger charge is -2.36. The molecular weight excluding hydrogens is 471 g/mol. The molecule has 2 aliphatic heterocycles. The number of nitrogens with one attached hydrogen (secondary N) is 1. The van der Waals surface area contributed by atoms with Crippen LogP contribution in [0.4, 0.5) is 0 Å². The number of carbonyl (C=O) groups is 1. The van der Waals surface area contributed by atoms with E-state index in [0.717, 1.165) is 63.9 Å². The first-order chi connectivity index (χ1) is 13.2. The number of aryl methyl sites for hydroxylation is 1. The summed E-state index contributed by atoms with van der Waals surface area (Å²) in [4.78, 5) is 27.8. The average molecular weight is 504 g/mol. The molecule has 10 heteroatoms. The van der Waals surface area contributed by atoms with Crippen LogP contribution in [0.2, 0.25) is 0 Å². The molecule has 2 saturated heterocycles. The van der Waals surface area contributed by atoms with E-state index in [1.54, 1.807) is 18.1 Å². The highest BCUT2D eigenvalue weighted by Crippen LogP contribution is 2.11. The fourth-order valence-electron chi connectivity index (χ4n) is 3.70. The van der Waals surface area contributed by atoms with Crippen LogP contribution in [0.15, 0.2) is 11.3 Å². The fourth-order valence-corrected chi connectivity index (χ4v) is 3.70. The zero-order valence-corrected chi connectivity index (χ0v) is 19.3. The smallest absolute Gasteiger partial charge is 0.236 e. The van der Waals surface area contributed by atoms with Crippen LogP contribution < -0.4 is 5.32 Å². The van der Waals surface area contributed by atoms with Gasteiger partial charge in [0.15, 0.2) is 5.96 Å². The molecule has 28 heavy (non-hydrogen) atoms. The lowest BCUT2D eigenvalue weighted by Crippen LogP contribution is -2.54. The summed E-state index contributed by atoms with van der Waals surface area (Å²) >= 11 is 0. The molecule has 3 rings (SSSR count). The Balaban J connectivity index is 0.00000280. The van der Waals surface area contributed by atoms with E-state index in [1.807, 2.05) is 7.05 Å². The van der Waals surface area contributed by atoms with Crippen molar-refractivity contribution in [1.82, 2.24) is 34.8 Å². The Morgan fingerprint density at radius 1 is 1.07 bits per heavy atom. The summed E-state index contributed by atoms with van der Waals surface area (Å²) < 4.78 is 1.76. The highest BCUT2D eigenvalue weighted by molar-refractivity contribution is 14.0. The number of nitrogens with zero attached hydrogens (tertiary/aromatic N) is 7. The molecule has 0 radical (unpaired) electrons. The molecule has 3 heterocycles. The van der Waals surface area contributed by atoms with Crippen LogP contribution in [0.3, 0.4) is 0 Å². The second-order valence-corrected chi connectivity index (χ2v) is 7.26. The van der Waals surface area contributed by atoms with Crippen molar-refractivity contribution in [3.8, 4) is 0 Å². The number of aromatic nitrogens is 3. The first-order valence-corrected chi connectivity index (χ1v) is 9.96. The number of amides is 1. The second kappa shape index (κ2) is 11.5. The molecule has 0 aliphatic carbocycles. The summed E-state index contributed by atoms with van der Waals surface area (Å²) in [5.41, 5.74) is 0. The van der Waals surface area contributed by atoms with Crippen molar-refractivity contribution in [2.75, 3.05) is 52.9 Å². The number of likely N-dealkylation sites (tertiary alicyclic amines) is 1. The van der Waals surface area contributed by atoms with Crippen LogP contribution in [0.1, 0.15) is 31.5 Å². The maximum Gasteiger partial charge on any atom is 0.236 e. The summed E-state index contributed by atoms with van der Waals surface area (Å²) in [6.45, 7) is 6.48. The Morgan fingerprint density at radius 3 is 2.32 bits per heavy atom. The van der Waals surface area contributed by atoms with Gasteiger partial charge >= 0.3 is 0 Å². The van der Waals surface area contributed by atoms with Gasteiger partial charge < -0.3 is 15.1 Å². The van der Waals surface area contributed by atoms with E-state index in [-0.39, 0.29) is 29.9 Å². The summed E-state index contributed by atoms with van der Waals surface area (Å²) in [7, 11) is 3.68. The number of rotatable bonds is 4. The monoisotopic (exact) mass is 504 g/mol. The minimum Gasteiger partial charge on any atom is -0.349 e. The van der Waals surface area contributed by atoms with Crippen LogP contribution in [-0.4, -0.2) is 94.2 Å². The van der Waals surface area contributed by atoms with Gasteiger partial charge in [0.05, 0.1) is 13.1 Å². The van der Waals surface area contributed by atoms with Crippen molar-refractivity contribution in [1.29, 1.82) is 0 Å². The van der Waals surface area contributed by atoms with Gasteiger partial charge in [-0.3, -0.25) is 19.4 Å². The molecule has 1 aromatic rings.